The molecule has 0 aliphatic heterocycles. The highest BCUT2D eigenvalue weighted by Crippen LogP contribution is 1.92. The molecule has 2 rings (SSSR count). The molecule has 0 radical (unpaired) electrons. The molecule has 3 nitrogen and oxygen atoms in total. The molecule has 3 heteroatoms. The van der Waals surface area contributed by atoms with E-state index in [2.05, 4.69) is 4.98 Å². The summed E-state index contributed by atoms with van der Waals surface area (Å²) in [5.41, 5.74) is 0.635. The zero-order chi connectivity index (χ0) is 9.68. The molecule has 0 atom stereocenters. The van der Waals surface area contributed by atoms with Crippen LogP contribution in [0.2, 0.25) is 0 Å². The van der Waals surface area contributed by atoms with E-state index >= 15 is 0 Å². The van der Waals surface area contributed by atoms with Gasteiger partial charge in [-0.1, -0.05) is 19.9 Å². The van der Waals surface area contributed by atoms with Gasteiger partial charge in [-0.3, -0.25) is 9.20 Å². The van der Waals surface area contributed by atoms with Gasteiger partial charge in [0.25, 0.3) is 5.56 Å². The first-order valence-electron chi connectivity index (χ1n) is 4.30. The Kier molecular flexibility index (Phi) is 3.20. The number of hydrogen-bond donors (Lipinski definition) is 0. The minimum absolute atomic E-state index is 0.0457. The minimum Gasteiger partial charge on any atom is -0.269 e. The van der Waals surface area contributed by atoms with Crippen molar-refractivity contribution in [2.45, 2.75) is 13.8 Å². The Labute approximate surface area is 76.7 Å². The second kappa shape index (κ2) is 4.40. The van der Waals surface area contributed by atoms with E-state index in [1.807, 2.05) is 19.9 Å². The van der Waals surface area contributed by atoms with Gasteiger partial charge in [0.2, 0.25) is 0 Å². The van der Waals surface area contributed by atoms with Gasteiger partial charge in [0, 0.05) is 18.5 Å². The maximum atomic E-state index is 11.1. The van der Waals surface area contributed by atoms with Crippen LogP contribution in [0.3, 0.4) is 0 Å². The lowest BCUT2D eigenvalue weighted by Crippen LogP contribution is -2.11. The average Bonchev–Trinajstić information content (AvgIpc) is 2.22. The highest BCUT2D eigenvalue weighted by atomic mass is 16.1. The predicted octanol–water partition coefficient (Wildman–Crippen LogP) is 1.72. The highest BCUT2D eigenvalue weighted by molar-refractivity contribution is 5.35. The van der Waals surface area contributed by atoms with Crippen molar-refractivity contribution < 1.29 is 0 Å². The van der Waals surface area contributed by atoms with E-state index in [-0.39, 0.29) is 5.56 Å². The Morgan fingerprint density at radius 3 is 2.69 bits per heavy atom. The topological polar surface area (TPSA) is 34.4 Å². The maximum absolute atomic E-state index is 11.1. The van der Waals surface area contributed by atoms with Gasteiger partial charge >= 0.3 is 0 Å². The molecule has 0 N–H and O–H groups in total. The van der Waals surface area contributed by atoms with Crippen LogP contribution in [-0.2, 0) is 0 Å². The summed E-state index contributed by atoms with van der Waals surface area (Å²) < 4.78 is 1.50. The first-order valence-corrected chi connectivity index (χ1v) is 4.30. The van der Waals surface area contributed by atoms with Gasteiger partial charge in [0.05, 0.1) is 0 Å². The molecular weight excluding hydrogens is 164 g/mol. The number of hydrogen-bond acceptors (Lipinski definition) is 2. The number of aromatic nitrogens is 2. The van der Waals surface area contributed by atoms with Crippen LogP contribution in [0.25, 0.3) is 5.65 Å². The standard InChI is InChI=1S/C8H6N2O.C2H6/c11-8-4-5-9-7-3-1-2-6-10(7)8;1-2/h1-6H;1-2H3. The van der Waals surface area contributed by atoms with Crippen molar-refractivity contribution in [3.8, 4) is 0 Å². The van der Waals surface area contributed by atoms with Crippen molar-refractivity contribution in [2.24, 2.45) is 0 Å². The molecule has 13 heavy (non-hydrogen) atoms. The molecule has 0 saturated heterocycles. The SMILES string of the molecule is CC.O=c1ccnc2ccccn12. The Balaban J connectivity index is 0.000000396. The molecule has 0 aromatic carbocycles. The summed E-state index contributed by atoms with van der Waals surface area (Å²) in [5.74, 6) is 0. The summed E-state index contributed by atoms with van der Waals surface area (Å²) in [7, 11) is 0. The highest BCUT2D eigenvalue weighted by Gasteiger charge is 1.90. The van der Waals surface area contributed by atoms with Crippen molar-refractivity contribution in [3.05, 3.63) is 47.0 Å². The van der Waals surface area contributed by atoms with E-state index in [0.717, 1.165) is 0 Å². The quantitative estimate of drug-likeness (QED) is 0.612. The molecule has 0 fully saturated rings. The number of fused-ring (bicyclic) bond motifs is 1. The monoisotopic (exact) mass is 176 g/mol. The van der Waals surface area contributed by atoms with Crippen molar-refractivity contribution in [2.75, 3.05) is 0 Å². The van der Waals surface area contributed by atoms with Gasteiger partial charge < -0.3 is 0 Å². The molecule has 0 aliphatic rings. The van der Waals surface area contributed by atoms with Crippen LogP contribution in [0.4, 0.5) is 0 Å². The fourth-order valence-corrected chi connectivity index (χ4v) is 0.983. The first kappa shape index (κ1) is 9.45. The largest absolute Gasteiger partial charge is 0.269 e. The third-order valence-electron chi connectivity index (χ3n) is 1.50. The van der Waals surface area contributed by atoms with Gasteiger partial charge in [0.15, 0.2) is 0 Å². The van der Waals surface area contributed by atoms with Gasteiger partial charge in [-0.25, -0.2) is 4.98 Å². The zero-order valence-corrected chi connectivity index (χ0v) is 7.77. The van der Waals surface area contributed by atoms with Gasteiger partial charge in [-0.2, -0.15) is 0 Å². The summed E-state index contributed by atoms with van der Waals surface area (Å²) in [6.07, 6.45) is 3.21. The normalized spacial score (nSPS) is 9.08. The lowest BCUT2D eigenvalue weighted by Gasteiger charge is -1.94. The van der Waals surface area contributed by atoms with E-state index < -0.39 is 0 Å². The predicted molar refractivity (Wildman–Crippen MR) is 52.8 cm³/mol. The molecule has 0 bridgehead atoms. The van der Waals surface area contributed by atoms with Gasteiger partial charge in [0.1, 0.15) is 5.65 Å². The molecule has 0 unspecified atom stereocenters. The van der Waals surface area contributed by atoms with Crippen LogP contribution < -0.4 is 5.56 Å². The van der Waals surface area contributed by atoms with E-state index in [9.17, 15) is 4.79 Å². The fraction of sp³-hybridized carbons (Fsp3) is 0.200. The van der Waals surface area contributed by atoms with E-state index in [4.69, 9.17) is 0 Å². The summed E-state index contributed by atoms with van der Waals surface area (Å²) >= 11 is 0. The third kappa shape index (κ3) is 1.93. The molecule has 2 aromatic heterocycles. The smallest absolute Gasteiger partial charge is 0.257 e. The Bertz CT molecular complexity index is 429. The second-order valence-corrected chi connectivity index (χ2v) is 2.21. The molecule has 68 valence electrons. The summed E-state index contributed by atoms with van der Waals surface area (Å²) in [5, 5.41) is 0. The van der Waals surface area contributed by atoms with Crippen LogP contribution in [0, 0.1) is 0 Å². The van der Waals surface area contributed by atoms with Crippen molar-refractivity contribution in [1.82, 2.24) is 9.38 Å². The molecule has 0 spiro atoms. The Morgan fingerprint density at radius 2 is 2.00 bits per heavy atom. The average molecular weight is 176 g/mol. The summed E-state index contributed by atoms with van der Waals surface area (Å²) in [6.45, 7) is 4.00. The van der Waals surface area contributed by atoms with Gasteiger partial charge in [-0.15, -0.1) is 0 Å². The van der Waals surface area contributed by atoms with Crippen molar-refractivity contribution in [1.29, 1.82) is 0 Å². The van der Waals surface area contributed by atoms with E-state index in [1.54, 1.807) is 18.3 Å². The molecule has 0 saturated carbocycles. The molecule has 0 amide bonds. The van der Waals surface area contributed by atoms with Crippen LogP contribution >= 0.6 is 0 Å². The lowest BCUT2D eigenvalue weighted by atomic mass is 10.4. The Hall–Kier alpha value is -1.64. The van der Waals surface area contributed by atoms with Crippen molar-refractivity contribution >= 4 is 5.65 Å². The van der Waals surface area contributed by atoms with Gasteiger partial charge in [-0.05, 0) is 12.1 Å². The van der Waals surface area contributed by atoms with E-state index in [0.29, 0.717) is 5.65 Å². The van der Waals surface area contributed by atoms with Crippen LogP contribution in [0.5, 0.6) is 0 Å². The number of pyridine rings is 1. The molecule has 2 heterocycles. The van der Waals surface area contributed by atoms with Crippen molar-refractivity contribution in [3.63, 3.8) is 0 Å². The Morgan fingerprint density at radius 1 is 1.23 bits per heavy atom. The van der Waals surface area contributed by atoms with Crippen LogP contribution in [-0.4, -0.2) is 9.38 Å². The van der Waals surface area contributed by atoms with E-state index in [1.165, 1.54) is 16.7 Å². The third-order valence-corrected chi connectivity index (χ3v) is 1.50. The molecule has 0 aliphatic carbocycles. The molecule has 2 aromatic rings. The zero-order valence-electron chi connectivity index (χ0n) is 7.77. The van der Waals surface area contributed by atoms with Crippen LogP contribution in [0.1, 0.15) is 13.8 Å². The lowest BCUT2D eigenvalue weighted by molar-refractivity contribution is 1.05. The molecular formula is C10H12N2O. The van der Waals surface area contributed by atoms with Crippen LogP contribution in [0.15, 0.2) is 41.5 Å². The minimum atomic E-state index is -0.0457. The number of rotatable bonds is 0. The number of nitrogens with zero attached hydrogens (tertiary/aromatic N) is 2. The fourth-order valence-electron chi connectivity index (χ4n) is 0.983. The second-order valence-electron chi connectivity index (χ2n) is 2.21. The summed E-state index contributed by atoms with van der Waals surface area (Å²) in [6, 6.07) is 6.88. The summed E-state index contributed by atoms with van der Waals surface area (Å²) in [4.78, 5) is 15.1. The maximum Gasteiger partial charge on any atom is 0.257 e. The first-order chi connectivity index (χ1) is 6.38.